The topological polar surface area (TPSA) is 12.0 Å². The van der Waals surface area contributed by atoms with Gasteiger partial charge in [-0.05, 0) is 42.9 Å². The Morgan fingerprint density at radius 2 is 1.77 bits per heavy atom. The Morgan fingerprint density at radius 3 is 2.32 bits per heavy atom. The van der Waals surface area contributed by atoms with Crippen LogP contribution in [0.2, 0.25) is 0 Å². The third-order valence-corrected chi connectivity index (χ3v) is 5.92. The van der Waals surface area contributed by atoms with E-state index in [1.165, 1.54) is 50.6 Å². The minimum atomic E-state index is 0.715. The predicted octanol–water partition coefficient (Wildman–Crippen LogP) is 6.55. The molecular formula is C21H41N. The minimum absolute atomic E-state index is 0.715. The average molecular weight is 308 g/mol. The zero-order chi connectivity index (χ0) is 16.5. The molecule has 1 nitrogen and oxygen atoms in total. The summed E-state index contributed by atoms with van der Waals surface area (Å²) in [5.41, 5.74) is 1.51. The summed E-state index contributed by atoms with van der Waals surface area (Å²) in [5, 5.41) is 3.77. The Morgan fingerprint density at radius 1 is 1.09 bits per heavy atom. The lowest BCUT2D eigenvalue weighted by atomic mass is 9.82. The molecule has 0 aromatic rings. The highest BCUT2D eigenvalue weighted by molar-refractivity contribution is 5.10. The molecule has 22 heavy (non-hydrogen) atoms. The van der Waals surface area contributed by atoms with E-state index >= 15 is 0 Å². The van der Waals surface area contributed by atoms with Crippen molar-refractivity contribution >= 4 is 0 Å². The van der Waals surface area contributed by atoms with Gasteiger partial charge >= 0.3 is 0 Å². The fraction of sp³-hybridized carbons (Fsp3) is 0.905. The van der Waals surface area contributed by atoms with Gasteiger partial charge in [-0.25, -0.2) is 0 Å². The van der Waals surface area contributed by atoms with Crippen molar-refractivity contribution in [2.75, 3.05) is 0 Å². The van der Waals surface area contributed by atoms with Crippen LogP contribution in [0.25, 0.3) is 0 Å². The number of unbranched alkanes of at least 4 members (excludes halogenated alkanes) is 1. The van der Waals surface area contributed by atoms with Crippen LogP contribution in [-0.4, -0.2) is 6.04 Å². The first-order chi connectivity index (χ1) is 10.5. The van der Waals surface area contributed by atoms with E-state index in [-0.39, 0.29) is 0 Å². The molecule has 1 fully saturated rings. The van der Waals surface area contributed by atoms with Crippen LogP contribution in [0.15, 0.2) is 11.8 Å². The first kappa shape index (κ1) is 19.6. The van der Waals surface area contributed by atoms with Crippen molar-refractivity contribution in [3.05, 3.63) is 11.8 Å². The van der Waals surface area contributed by atoms with E-state index in [9.17, 15) is 0 Å². The highest BCUT2D eigenvalue weighted by Crippen LogP contribution is 2.34. The van der Waals surface area contributed by atoms with Gasteiger partial charge in [0.1, 0.15) is 0 Å². The van der Waals surface area contributed by atoms with Crippen LogP contribution in [0.1, 0.15) is 92.9 Å². The van der Waals surface area contributed by atoms with E-state index < -0.39 is 0 Å². The van der Waals surface area contributed by atoms with Crippen molar-refractivity contribution in [2.24, 2.45) is 23.7 Å². The molecule has 1 aliphatic heterocycles. The zero-order valence-electron chi connectivity index (χ0n) is 16.1. The molecule has 0 aromatic heterocycles. The van der Waals surface area contributed by atoms with Crippen LogP contribution in [0.5, 0.6) is 0 Å². The Kier molecular flexibility index (Phi) is 9.21. The molecule has 1 heteroatoms. The highest BCUT2D eigenvalue weighted by atomic mass is 15.0. The number of hydrogen-bond donors (Lipinski definition) is 1. The Hall–Kier alpha value is -0.460. The summed E-state index contributed by atoms with van der Waals surface area (Å²) in [5.74, 6) is 3.51. The minimum Gasteiger partial charge on any atom is -0.386 e. The van der Waals surface area contributed by atoms with Crippen molar-refractivity contribution in [3.8, 4) is 0 Å². The zero-order valence-corrected chi connectivity index (χ0v) is 16.1. The lowest BCUT2D eigenvalue weighted by Gasteiger charge is -2.25. The van der Waals surface area contributed by atoms with Gasteiger partial charge < -0.3 is 5.32 Å². The maximum atomic E-state index is 3.77. The van der Waals surface area contributed by atoms with Gasteiger partial charge in [0.15, 0.2) is 0 Å². The van der Waals surface area contributed by atoms with E-state index in [2.05, 4.69) is 52.9 Å². The quantitative estimate of drug-likeness (QED) is 0.451. The molecule has 0 radical (unpaired) electrons. The van der Waals surface area contributed by atoms with Crippen molar-refractivity contribution in [1.82, 2.24) is 5.32 Å². The van der Waals surface area contributed by atoms with Gasteiger partial charge in [0.2, 0.25) is 0 Å². The maximum absolute atomic E-state index is 3.77. The predicted molar refractivity (Wildman–Crippen MR) is 99.9 cm³/mol. The molecule has 0 aliphatic carbocycles. The molecule has 1 N–H and O–H groups in total. The summed E-state index contributed by atoms with van der Waals surface area (Å²) >= 11 is 0. The van der Waals surface area contributed by atoms with Gasteiger partial charge in [-0.1, -0.05) is 79.7 Å². The van der Waals surface area contributed by atoms with Gasteiger partial charge in [0, 0.05) is 11.7 Å². The fourth-order valence-corrected chi connectivity index (χ4v) is 4.29. The summed E-state index contributed by atoms with van der Waals surface area (Å²) in [6.45, 7) is 14.2. The summed E-state index contributed by atoms with van der Waals surface area (Å²) in [6, 6.07) is 0.715. The molecule has 1 heterocycles. The molecule has 130 valence electrons. The smallest absolute Gasteiger partial charge is 0.0290 e. The van der Waals surface area contributed by atoms with Crippen molar-refractivity contribution in [1.29, 1.82) is 0 Å². The Labute approximate surface area is 140 Å². The Balaban J connectivity index is 2.35. The molecule has 0 saturated carbocycles. The molecule has 1 saturated heterocycles. The van der Waals surface area contributed by atoms with Crippen LogP contribution in [0.3, 0.4) is 0 Å². The Bertz CT molecular complexity index is 318. The maximum Gasteiger partial charge on any atom is 0.0290 e. The molecule has 4 atom stereocenters. The van der Waals surface area contributed by atoms with Crippen LogP contribution in [0.4, 0.5) is 0 Å². The van der Waals surface area contributed by atoms with E-state index in [0.29, 0.717) is 6.04 Å². The van der Waals surface area contributed by atoms with Crippen LogP contribution >= 0.6 is 0 Å². The molecule has 1 aliphatic rings. The van der Waals surface area contributed by atoms with Crippen LogP contribution in [-0.2, 0) is 0 Å². The second-order valence-electron chi connectivity index (χ2n) is 7.84. The number of nitrogens with one attached hydrogen (secondary N) is 1. The largest absolute Gasteiger partial charge is 0.386 e. The molecule has 0 spiro atoms. The second-order valence-corrected chi connectivity index (χ2v) is 7.84. The highest BCUT2D eigenvalue weighted by Gasteiger charge is 2.32. The summed E-state index contributed by atoms with van der Waals surface area (Å²) in [7, 11) is 0. The van der Waals surface area contributed by atoms with Crippen LogP contribution in [0, 0.1) is 23.7 Å². The number of rotatable bonds is 10. The molecule has 0 aromatic carbocycles. The summed E-state index contributed by atoms with van der Waals surface area (Å²) in [6.07, 6.45) is 13.1. The molecule has 1 rings (SSSR count). The number of allylic oxidation sites excluding steroid dienone is 2. The molecule has 4 unspecified atom stereocenters. The standard InChI is InChI=1S/C21H41N/c1-7-12-19-15-20(21(9-3)22-19)17(6)13-10-11-14-18(8-2)16(4)5/h12,16-18,20-22H,7-11,13-15H2,1-6H3/b19-12-. The third kappa shape index (κ3) is 5.97. The van der Waals surface area contributed by atoms with Gasteiger partial charge in [-0.2, -0.15) is 0 Å². The summed E-state index contributed by atoms with van der Waals surface area (Å²) in [4.78, 5) is 0. The second kappa shape index (κ2) is 10.3. The van der Waals surface area contributed by atoms with E-state index in [4.69, 9.17) is 0 Å². The molecular weight excluding hydrogens is 266 g/mol. The SMILES string of the molecule is CC/C=C1/CC(C(C)CCCCC(CC)C(C)C)C(CC)N1. The van der Waals surface area contributed by atoms with Crippen molar-refractivity contribution in [2.45, 2.75) is 99.0 Å². The van der Waals surface area contributed by atoms with Crippen molar-refractivity contribution in [3.63, 3.8) is 0 Å². The fourth-order valence-electron chi connectivity index (χ4n) is 4.29. The monoisotopic (exact) mass is 307 g/mol. The van der Waals surface area contributed by atoms with Crippen LogP contribution < -0.4 is 5.32 Å². The first-order valence-electron chi connectivity index (χ1n) is 9.98. The van der Waals surface area contributed by atoms with E-state index in [1.807, 2.05) is 0 Å². The van der Waals surface area contributed by atoms with E-state index in [1.54, 1.807) is 0 Å². The number of hydrogen-bond acceptors (Lipinski definition) is 1. The molecule has 0 amide bonds. The average Bonchev–Trinajstić information content (AvgIpc) is 2.90. The lowest BCUT2D eigenvalue weighted by molar-refractivity contribution is 0.281. The molecule has 0 bridgehead atoms. The van der Waals surface area contributed by atoms with E-state index in [0.717, 1.165) is 30.1 Å². The third-order valence-electron chi connectivity index (χ3n) is 5.92. The normalized spacial score (nSPS) is 26.4. The van der Waals surface area contributed by atoms with Gasteiger partial charge in [0.25, 0.3) is 0 Å². The summed E-state index contributed by atoms with van der Waals surface area (Å²) < 4.78 is 0. The van der Waals surface area contributed by atoms with Gasteiger partial charge in [0.05, 0.1) is 0 Å². The van der Waals surface area contributed by atoms with Gasteiger partial charge in [-0.15, -0.1) is 0 Å². The lowest BCUT2D eigenvalue weighted by Crippen LogP contribution is -2.29. The first-order valence-corrected chi connectivity index (χ1v) is 9.98. The van der Waals surface area contributed by atoms with Gasteiger partial charge in [-0.3, -0.25) is 0 Å². The van der Waals surface area contributed by atoms with Crippen molar-refractivity contribution < 1.29 is 0 Å².